The van der Waals surface area contributed by atoms with Gasteiger partial charge in [-0.1, -0.05) is 41.5 Å². The molecule has 0 bridgehead atoms. The second kappa shape index (κ2) is 12.2. The molecule has 0 unspecified atom stereocenters. The Labute approximate surface area is 212 Å². The van der Waals surface area contributed by atoms with Crippen molar-refractivity contribution in [2.45, 2.75) is 45.7 Å². The molecular formula is C29H35NO6. The van der Waals surface area contributed by atoms with Crippen LogP contribution in [0.4, 0.5) is 0 Å². The van der Waals surface area contributed by atoms with E-state index in [4.69, 9.17) is 14.2 Å². The summed E-state index contributed by atoms with van der Waals surface area (Å²) >= 11 is 0. The van der Waals surface area contributed by atoms with E-state index >= 15 is 0 Å². The first-order valence-electron chi connectivity index (χ1n) is 12.3. The van der Waals surface area contributed by atoms with Gasteiger partial charge in [0.15, 0.2) is 17.6 Å². The smallest absolute Gasteiger partial charge is 0.162 e. The van der Waals surface area contributed by atoms with Gasteiger partial charge in [-0.2, -0.15) is 0 Å². The molecule has 36 heavy (non-hydrogen) atoms. The van der Waals surface area contributed by atoms with Crippen LogP contribution in [0.5, 0.6) is 17.2 Å². The Morgan fingerprint density at radius 2 is 1.81 bits per heavy atom. The van der Waals surface area contributed by atoms with Gasteiger partial charge in [-0.15, -0.1) is 0 Å². The van der Waals surface area contributed by atoms with Gasteiger partial charge in [-0.25, -0.2) is 0 Å². The van der Waals surface area contributed by atoms with Gasteiger partial charge >= 0.3 is 0 Å². The molecule has 7 nitrogen and oxygen atoms in total. The molecule has 1 aliphatic heterocycles. The number of aromatic hydroxyl groups is 1. The minimum absolute atomic E-state index is 0.0233. The summed E-state index contributed by atoms with van der Waals surface area (Å²) in [4.78, 5) is 0. The Hall–Kier alpha value is -3.10. The van der Waals surface area contributed by atoms with Gasteiger partial charge in [0.2, 0.25) is 0 Å². The number of nitrogens with one attached hydrogen (secondary N) is 1. The second-order valence-electron chi connectivity index (χ2n) is 9.36. The van der Waals surface area contributed by atoms with Gasteiger partial charge in [0, 0.05) is 12.1 Å². The molecule has 0 spiro atoms. The van der Waals surface area contributed by atoms with E-state index in [0.717, 1.165) is 29.0 Å². The van der Waals surface area contributed by atoms with Crippen molar-refractivity contribution in [3.8, 4) is 17.2 Å². The molecule has 1 aliphatic rings. The highest BCUT2D eigenvalue weighted by molar-refractivity contribution is 5.44. The fourth-order valence-electron chi connectivity index (χ4n) is 4.39. The molecular weight excluding hydrogens is 458 g/mol. The Bertz CT molecular complexity index is 1140. The normalized spacial score (nSPS) is 15.6. The first-order chi connectivity index (χ1) is 17.4. The lowest BCUT2D eigenvalue weighted by molar-refractivity contribution is 0.00265. The van der Waals surface area contributed by atoms with Crippen LogP contribution in [0.25, 0.3) is 0 Å². The average Bonchev–Trinajstić information content (AvgIpc) is 2.86. The van der Waals surface area contributed by atoms with E-state index in [1.54, 1.807) is 12.1 Å². The predicted molar refractivity (Wildman–Crippen MR) is 137 cm³/mol. The highest BCUT2D eigenvalue weighted by Gasteiger charge is 2.21. The fourth-order valence-corrected chi connectivity index (χ4v) is 4.39. The predicted octanol–water partition coefficient (Wildman–Crippen LogP) is 3.72. The van der Waals surface area contributed by atoms with Crippen LogP contribution in [0, 0.1) is 13.8 Å². The van der Waals surface area contributed by atoms with E-state index in [1.807, 2.05) is 18.2 Å². The van der Waals surface area contributed by atoms with E-state index in [2.05, 4.69) is 37.4 Å². The summed E-state index contributed by atoms with van der Waals surface area (Å²) < 4.78 is 17.9. The van der Waals surface area contributed by atoms with Crippen molar-refractivity contribution in [3.63, 3.8) is 0 Å². The van der Waals surface area contributed by atoms with Crippen LogP contribution in [0.2, 0.25) is 0 Å². The number of ether oxygens (including phenoxy) is 3. The lowest BCUT2D eigenvalue weighted by Gasteiger charge is -2.27. The van der Waals surface area contributed by atoms with E-state index < -0.39 is 6.10 Å². The first-order valence-corrected chi connectivity index (χ1v) is 12.3. The number of benzene rings is 3. The van der Waals surface area contributed by atoms with Gasteiger partial charge in [0.05, 0.1) is 25.9 Å². The molecule has 192 valence electrons. The zero-order chi connectivity index (χ0) is 25.5. The van der Waals surface area contributed by atoms with Crippen molar-refractivity contribution in [1.29, 1.82) is 0 Å². The fraction of sp³-hybridized carbons (Fsp3) is 0.379. The quantitative estimate of drug-likeness (QED) is 0.302. The third-order valence-corrected chi connectivity index (χ3v) is 6.17. The topological polar surface area (TPSA) is 100 Å². The van der Waals surface area contributed by atoms with Gasteiger partial charge in [-0.3, -0.25) is 0 Å². The van der Waals surface area contributed by atoms with Crippen LogP contribution in [-0.4, -0.2) is 47.7 Å². The lowest BCUT2D eigenvalue weighted by atomic mass is 10.1. The Kier molecular flexibility index (Phi) is 8.83. The molecule has 3 aromatic rings. The van der Waals surface area contributed by atoms with Gasteiger partial charge < -0.3 is 34.8 Å². The summed E-state index contributed by atoms with van der Waals surface area (Å²) in [5, 5.41) is 32.6. The van der Waals surface area contributed by atoms with E-state index in [9.17, 15) is 15.3 Å². The Balaban J connectivity index is 1.22. The van der Waals surface area contributed by atoms with Crippen molar-refractivity contribution in [1.82, 2.24) is 5.32 Å². The number of fused-ring (bicyclic) bond motifs is 1. The monoisotopic (exact) mass is 493 g/mol. The van der Waals surface area contributed by atoms with Crippen molar-refractivity contribution < 1.29 is 29.5 Å². The van der Waals surface area contributed by atoms with Gasteiger partial charge in [-0.05, 0) is 67.8 Å². The summed E-state index contributed by atoms with van der Waals surface area (Å²) in [5.41, 5.74) is 5.76. The van der Waals surface area contributed by atoms with Crippen molar-refractivity contribution in [3.05, 3.63) is 88.0 Å². The average molecular weight is 494 g/mol. The van der Waals surface area contributed by atoms with Crippen LogP contribution < -0.4 is 14.8 Å². The largest absolute Gasteiger partial charge is 0.508 e. The van der Waals surface area contributed by atoms with Gasteiger partial charge in [0.1, 0.15) is 12.4 Å². The minimum atomic E-state index is -0.736. The van der Waals surface area contributed by atoms with Gasteiger partial charge in [0.25, 0.3) is 0 Å². The maximum atomic E-state index is 10.4. The lowest BCUT2D eigenvalue weighted by Crippen LogP contribution is -2.33. The van der Waals surface area contributed by atoms with Crippen molar-refractivity contribution in [2.75, 3.05) is 26.3 Å². The standard InChI is InChI=1S/C29H35NO6/c1-19-9-20(2)11-22(10-19)16-34-17-25-18-35-28-6-3-21(12-29(28)36-25)7-8-30-14-27(33)23-4-5-26(32)24(13-23)15-31/h3-6,9-13,25,27,30-33H,7-8,14-18H2,1-2H3/t25-,27+/m1/s1. The Morgan fingerprint density at radius 1 is 1.00 bits per heavy atom. The molecule has 0 radical (unpaired) electrons. The summed E-state index contributed by atoms with van der Waals surface area (Å²) in [5.74, 6) is 1.48. The van der Waals surface area contributed by atoms with E-state index in [-0.39, 0.29) is 18.5 Å². The van der Waals surface area contributed by atoms with Crippen LogP contribution >= 0.6 is 0 Å². The summed E-state index contributed by atoms with van der Waals surface area (Å²) in [6.45, 7) is 6.37. The Morgan fingerprint density at radius 3 is 2.58 bits per heavy atom. The van der Waals surface area contributed by atoms with Crippen LogP contribution in [0.15, 0.2) is 54.6 Å². The maximum absolute atomic E-state index is 10.4. The summed E-state index contributed by atoms with van der Waals surface area (Å²) in [7, 11) is 0. The molecule has 4 N–H and O–H groups in total. The minimum Gasteiger partial charge on any atom is -0.508 e. The highest BCUT2D eigenvalue weighted by atomic mass is 16.6. The third-order valence-electron chi connectivity index (χ3n) is 6.17. The molecule has 0 saturated heterocycles. The second-order valence-corrected chi connectivity index (χ2v) is 9.36. The molecule has 1 heterocycles. The number of aliphatic hydroxyl groups is 2. The molecule has 0 fully saturated rings. The molecule has 2 atom stereocenters. The number of aliphatic hydroxyl groups excluding tert-OH is 2. The van der Waals surface area contributed by atoms with Crippen LogP contribution in [0.1, 0.15) is 39.5 Å². The van der Waals surface area contributed by atoms with Crippen molar-refractivity contribution >= 4 is 0 Å². The van der Waals surface area contributed by atoms with Crippen LogP contribution in [0.3, 0.4) is 0 Å². The number of hydrogen-bond donors (Lipinski definition) is 4. The van der Waals surface area contributed by atoms with E-state index in [0.29, 0.717) is 44.0 Å². The zero-order valence-corrected chi connectivity index (χ0v) is 20.9. The first kappa shape index (κ1) is 26.0. The highest BCUT2D eigenvalue weighted by Crippen LogP contribution is 2.33. The molecule has 0 aliphatic carbocycles. The number of phenols is 1. The van der Waals surface area contributed by atoms with Crippen molar-refractivity contribution in [2.24, 2.45) is 0 Å². The SMILES string of the molecule is Cc1cc(C)cc(COC[C@@H]2COc3ccc(CCNC[C@H](O)c4ccc(O)c(CO)c4)cc3O2)c1. The summed E-state index contributed by atoms with van der Waals surface area (Å²) in [6.07, 6.45) is -0.143. The molecule has 0 amide bonds. The zero-order valence-electron chi connectivity index (χ0n) is 20.9. The number of rotatable bonds is 11. The maximum Gasteiger partial charge on any atom is 0.162 e. The molecule has 3 aromatic carbocycles. The van der Waals surface area contributed by atoms with Crippen LogP contribution in [-0.2, 0) is 24.4 Å². The third kappa shape index (κ3) is 6.98. The van der Waals surface area contributed by atoms with E-state index in [1.165, 1.54) is 17.2 Å². The molecule has 0 saturated carbocycles. The molecule has 0 aromatic heterocycles. The molecule has 4 rings (SSSR count). The number of hydrogen-bond acceptors (Lipinski definition) is 7. The number of aryl methyl sites for hydroxylation is 2. The summed E-state index contributed by atoms with van der Waals surface area (Å²) in [6, 6.07) is 17.1. The molecule has 7 heteroatoms.